The molecule has 1 aliphatic rings. The molecule has 1 unspecified atom stereocenters. The molecule has 0 aliphatic carbocycles. The van der Waals surface area contributed by atoms with Gasteiger partial charge in [-0.3, -0.25) is 9.78 Å². The van der Waals surface area contributed by atoms with E-state index in [-0.39, 0.29) is 5.91 Å². The van der Waals surface area contributed by atoms with Crippen molar-refractivity contribution in [3.8, 4) is 0 Å². The first-order valence-electron chi connectivity index (χ1n) is 5.58. The third-order valence-corrected chi connectivity index (χ3v) is 2.79. The normalized spacial score (nSPS) is 23.7. The highest BCUT2D eigenvalue weighted by molar-refractivity contribution is 5.89. The maximum atomic E-state index is 11.8. The van der Waals surface area contributed by atoms with Crippen LogP contribution in [0, 0.1) is 0 Å². The molecule has 2 rings (SSSR count). The average molecular weight is 233 g/mol. The lowest BCUT2D eigenvalue weighted by molar-refractivity contribution is -0.157. The Morgan fingerprint density at radius 3 is 3.00 bits per heavy atom. The van der Waals surface area contributed by atoms with Crippen LogP contribution in [0.1, 0.15) is 32.3 Å². The second-order valence-corrected chi connectivity index (χ2v) is 4.13. The molecular formula is C12H15N3O2. The summed E-state index contributed by atoms with van der Waals surface area (Å²) in [4.78, 5) is 15.8. The molecule has 90 valence electrons. The fourth-order valence-corrected chi connectivity index (χ4v) is 1.96. The lowest BCUT2D eigenvalue weighted by Gasteiger charge is -2.30. The quantitative estimate of drug-likeness (QED) is 0.835. The number of aromatic nitrogens is 1. The Labute approximate surface area is 99.8 Å². The highest BCUT2D eigenvalue weighted by Gasteiger charge is 2.44. The summed E-state index contributed by atoms with van der Waals surface area (Å²) in [6.45, 7) is 3.54. The standard InChI is InChI=1S/C12H15N3O2/c1-3-11(16)15-12(17,7-9(2)14-15)10-5-4-6-13-8-10/h4-6,8,17H,3,7H2,1-2H3. The molecule has 1 N–H and O–H groups in total. The predicted octanol–water partition coefficient (Wildman–Crippen LogP) is 1.24. The molecule has 2 heterocycles. The Kier molecular flexibility index (Phi) is 2.93. The van der Waals surface area contributed by atoms with Crippen LogP contribution in [0.2, 0.25) is 0 Å². The molecule has 1 aromatic rings. The number of aliphatic hydroxyl groups is 1. The fourth-order valence-electron chi connectivity index (χ4n) is 1.96. The van der Waals surface area contributed by atoms with E-state index in [1.807, 2.05) is 0 Å². The minimum Gasteiger partial charge on any atom is -0.365 e. The van der Waals surface area contributed by atoms with Crippen molar-refractivity contribution in [2.45, 2.75) is 32.4 Å². The van der Waals surface area contributed by atoms with E-state index < -0.39 is 5.72 Å². The summed E-state index contributed by atoms with van der Waals surface area (Å²) >= 11 is 0. The van der Waals surface area contributed by atoms with E-state index in [1.54, 1.807) is 38.4 Å². The van der Waals surface area contributed by atoms with E-state index in [9.17, 15) is 9.90 Å². The van der Waals surface area contributed by atoms with Crippen molar-refractivity contribution in [2.75, 3.05) is 0 Å². The molecule has 17 heavy (non-hydrogen) atoms. The van der Waals surface area contributed by atoms with Crippen LogP contribution in [0.15, 0.2) is 29.6 Å². The monoisotopic (exact) mass is 233 g/mol. The topological polar surface area (TPSA) is 65.8 Å². The summed E-state index contributed by atoms with van der Waals surface area (Å²) in [5.74, 6) is -0.201. The van der Waals surface area contributed by atoms with Gasteiger partial charge >= 0.3 is 0 Å². The van der Waals surface area contributed by atoms with Crippen LogP contribution in [-0.4, -0.2) is 26.7 Å². The minimum absolute atomic E-state index is 0.201. The molecule has 1 atom stereocenters. The van der Waals surface area contributed by atoms with Crippen LogP contribution in [0.5, 0.6) is 0 Å². The van der Waals surface area contributed by atoms with Crippen LogP contribution in [0.4, 0.5) is 0 Å². The van der Waals surface area contributed by atoms with E-state index in [4.69, 9.17) is 0 Å². The Morgan fingerprint density at radius 1 is 1.65 bits per heavy atom. The molecule has 0 saturated carbocycles. The molecule has 0 spiro atoms. The molecule has 1 aromatic heterocycles. The highest BCUT2D eigenvalue weighted by atomic mass is 16.3. The van der Waals surface area contributed by atoms with Crippen LogP contribution in [0.25, 0.3) is 0 Å². The van der Waals surface area contributed by atoms with Gasteiger partial charge in [0.15, 0.2) is 5.72 Å². The lowest BCUT2D eigenvalue weighted by Crippen LogP contribution is -2.43. The zero-order valence-corrected chi connectivity index (χ0v) is 9.92. The van der Waals surface area contributed by atoms with Gasteiger partial charge < -0.3 is 5.11 Å². The lowest BCUT2D eigenvalue weighted by atomic mass is 9.99. The zero-order chi connectivity index (χ0) is 12.5. The van der Waals surface area contributed by atoms with Gasteiger partial charge in [-0.15, -0.1) is 0 Å². The second kappa shape index (κ2) is 4.25. The Morgan fingerprint density at radius 2 is 2.41 bits per heavy atom. The van der Waals surface area contributed by atoms with Gasteiger partial charge in [0.2, 0.25) is 5.91 Å². The number of hydrogen-bond donors (Lipinski definition) is 1. The molecule has 0 radical (unpaired) electrons. The Hall–Kier alpha value is -1.75. The van der Waals surface area contributed by atoms with Crippen molar-refractivity contribution in [1.29, 1.82) is 0 Å². The van der Waals surface area contributed by atoms with E-state index in [2.05, 4.69) is 10.1 Å². The van der Waals surface area contributed by atoms with Crippen LogP contribution in [0.3, 0.4) is 0 Å². The molecule has 1 aliphatic heterocycles. The number of carbonyl (C=O) groups excluding carboxylic acids is 1. The number of hydrogen-bond acceptors (Lipinski definition) is 4. The third kappa shape index (κ3) is 1.93. The minimum atomic E-state index is -1.38. The number of nitrogens with zero attached hydrogens (tertiary/aromatic N) is 3. The number of pyridine rings is 1. The number of carbonyl (C=O) groups is 1. The van der Waals surface area contributed by atoms with Gasteiger partial charge in [-0.2, -0.15) is 10.1 Å². The summed E-state index contributed by atoms with van der Waals surface area (Å²) in [6, 6.07) is 3.48. The van der Waals surface area contributed by atoms with E-state index >= 15 is 0 Å². The Bertz CT molecular complexity index is 458. The summed E-state index contributed by atoms with van der Waals surface area (Å²) < 4.78 is 0. The van der Waals surface area contributed by atoms with Crippen molar-refractivity contribution < 1.29 is 9.90 Å². The predicted molar refractivity (Wildman–Crippen MR) is 63.0 cm³/mol. The van der Waals surface area contributed by atoms with Gasteiger partial charge in [-0.05, 0) is 13.0 Å². The summed E-state index contributed by atoms with van der Waals surface area (Å²) in [5, 5.41) is 15.9. The summed E-state index contributed by atoms with van der Waals surface area (Å²) in [5.41, 5.74) is -0.0635. The number of rotatable bonds is 2. The fraction of sp³-hybridized carbons (Fsp3) is 0.417. The van der Waals surface area contributed by atoms with Gasteiger partial charge in [0.05, 0.1) is 0 Å². The van der Waals surface area contributed by atoms with E-state index in [0.29, 0.717) is 18.4 Å². The van der Waals surface area contributed by atoms with Crippen molar-refractivity contribution in [1.82, 2.24) is 9.99 Å². The summed E-state index contributed by atoms with van der Waals surface area (Å²) in [6.07, 6.45) is 3.81. The first-order valence-corrected chi connectivity index (χ1v) is 5.58. The second-order valence-electron chi connectivity index (χ2n) is 4.13. The molecule has 0 aromatic carbocycles. The van der Waals surface area contributed by atoms with Gasteiger partial charge in [0, 0.05) is 36.5 Å². The van der Waals surface area contributed by atoms with Crippen LogP contribution >= 0.6 is 0 Å². The number of amides is 1. The maximum absolute atomic E-state index is 11.8. The first kappa shape index (κ1) is 11.7. The van der Waals surface area contributed by atoms with Crippen molar-refractivity contribution in [3.05, 3.63) is 30.1 Å². The average Bonchev–Trinajstić information content (AvgIpc) is 2.66. The van der Waals surface area contributed by atoms with E-state index in [1.165, 1.54) is 5.01 Å². The van der Waals surface area contributed by atoms with Gasteiger partial charge in [0.1, 0.15) is 0 Å². The van der Waals surface area contributed by atoms with Crippen molar-refractivity contribution >= 4 is 11.6 Å². The molecule has 0 bridgehead atoms. The maximum Gasteiger partial charge on any atom is 0.245 e. The van der Waals surface area contributed by atoms with Gasteiger partial charge in [0.25, 0.3) is 0 Å². The van der Waals surface area contributed by atoms with Crippen molar-refractivity contribution in [3.63, 3.8) is 0 Å². The first-order chi connectivity index (χ1) is 8.08. The molecular weight excluding hydrogens is 218 g/mol. The number of hydrazone groups is 1. The van der Waals surface area contributed by atoms with Gasteiger partial charge in [-0.1, -0.05) is 13.0 Å². The SMILES string of the molecule is CCC(=O)N1N=C(C)CC1(O)c1cccnc1. The highest BCUT2D eigenvalue weighted by Crippen LogP contribution is 2.35. The largest absolute Gasteiger partial charge is 0.365 e. The molecule has 1 amide bonds. The third-order valence-electron chi connectivity index (χ3n) is 2.79. The van der Waals surface area contributed by atoms with Crippen LogP contribution in [-0.2, 0) is 10.5 Å². The summed E-state index contributed by atoms with van der Waals surface area (Å²) in [7, 11) is 0. The molecule has 5 nitrogen and oxygen atoms in total. The smallest absolute Gasteiger partial charge is 0.245 e. The molecule has 0 saturated heterocycles. The van der Waals surface area contributed by atoms with Gasteiger partial charge in [-0.25, -0.2) is 0 Å². The van der Waals surface area contributed by atoms with Crippen molar-refractivity contribution in [2.24, 2.45) is 5.10 Å². The van der Waals surface area contributed by atoms with E-state index in [0.717, 1.165) is 5.71 Å². The molecule has 0 fully saturated rings. The Balaban J connectivity index is 2.40. The molecule has 5 heteroatoms. The van der Waals surface area contributed by atoms with Crippen LogP contribution < -0.4 is 0 Å². The zero-order valence-electron chi connectivity index (χ0n) is 9.92.